The fraction of sp³-hybridized carbons (Fsp3) is 0.348. The third-order valence-electron chi connectivity index (χ3n) is 5.87. The molecule has 8 nitrogen and oxygen atoms in total. The molecule has 1 saturated heterocycles. The molecule has 1 aliphatic heterocycles. The third-order valence-corrected chi connectivity index (χ3v) is 7.61. The Morgan fingerprint density at radius 1 is 1.24 bits per heavy atom. The van der Waals surface area contributed by atoms with E-state index in [2.05, 4.69) is 14.9 Å². The van der Waals surface area contributed by atoms with Crippen LogP contribution in [-0.2, 0) is 23.0 Å². The first-order chi connectivity index (χ1) is 16.2. The molecule has 11 heteroatoms. The first-order valence-electron chi connectivity index (χ1n) is 10.9. The van der Waals surface area contributed by atoms with Crippen LogP contribution in [0.4, 0.5) is 10.1 Å². The summed E-state index contributed by atoms with van der Waals surface area (Å²) in [6.07, 6.45) is 0.0583. The first-order valence-corrected chi connectivity index (χ1v) is 12.9. The number of hydrogen-bond acceptors (Lipinski definition) is 7. The number of benzene rings is 2. The minimum absolute atomic E-state index is 0.0583. The molecule has 1 aliphatic rings. The summed E-state index contributed by atoms with van der Waals surface area (Å²) in [5.41, 5.74) is 1.08. The molecule has 4 rings (SSSR count). The predicted octanol–water partition coefficient (Wildman–Crippen LogP) is 3.05. The van der Waals surface area contributed by atoms with Gasteiger partial charge in [0, 0.05) is 56.2 Å². The van der Waals surface area contributed by atoms with Crippen LogP contribution in [0.25, 0.3) is 11.0 Å². The monoisotopic (exact) mass is 509 g/mol. The molecule has 1 fully saturated rings. The normalized spacial score (nSPS) is 15.0. The largest absolute Gasteiger partial charge is 0.505 e. The highest BCUT2D eigenvalue weighted by Gasteiger charge is 2.22. The maximum atomic E-state index is 14.3. The van der Waals surface area contributed by atoms with Gasteiger partial charge >= 0.3 is 5.63 Å². The van der Waals surface area contributed by atoms with Gasteiger partial charge in [-0.15, -0.1) is 0 Å². The highest BCUT2D eigenvalue weighted by atomic mass is 35.5. The number of nitrogens with zero attached hydrogens (tertiary/aromatic N) is 1. The smallest absolute Gasteiger partial charge is 0.340 e. The average Bonchev–Trinajstić information content (AvgIpc) is 2.80. The summed E-state index contributed by atoms with van der Waals surface area (Å²) in [6.45, 7) is 4.96. The number of sulfonamides is 1. The highest BCUT2D eigenvalue weighted by Crippen LogP contribution is 2.32. The number of nitrogens with one attached hydrogen (secondary N) is 2. The summed E-state index contributed by atoms with van der Waals surface area (Å²) in [5.74, 6) is -1.53. The maximum absolute atomic E-state index is 14.3. The van der Waals surface area contributed by atoms with Crippen molar-refractivity contribution in [3.8, 4) is 5.75 Å². The van der Waals surface area contributed by atoms with Gasteiger partial charge in [-0.3, -0.25) is 9.62 Å². The van der Waals surface area contributed by atoms with Crippen LogP contribution in [0.5, 0.6) is 5.75 Å². The average molecular weight is 510 g/mol. The molecular weight excluding hydrogens is 485 g/mol. The molecule has 0 unspecified atom stereocenters. The Morgan fingerprint density at radius 3 is 2.68 bits per heavy atom. The fourth-order valence-electron chi connectivity index (χ4n) is 3.99. The molecule has 2 aromatic carbocycles. The van der Waals surface area contributed by atoms with E-state index in [-0.39, 0.29) is 28.5 Å². The number of halogens is 2. The SMILES string of the molecule is CCS(=O)(=O)Nc1cccc(Cc2c(CN3CCNCC3)c3cc(F)c(O)cc3oc2=O)c1Cl. The Kier molecular flexibility index (Phi) is 7.13. The van der Waals surface area contributed by atoms with Crippen molar-refractivity contribution in [2.24, 2.45) is 0 Å². The zero-order chi connectivity index (χ0) is 24.5. The van der Waals surface area contributed by atoms with E-state index in [0.29, 0.717) is 28.6 Å². The number of phenolic OH excluding ortho intramolecular Hbond substituents is 1. The first kappa shape index (κ1) is 24.5. The quantitative estimate of drug-likeness (QED) is 0.420. The Balaban J connectivity index is 1.82. The summed E-state index contributed by atoms with van der Waals surface area (Å²) >= 11 is 6.51. The van der Waals surface area contributed by atoms with E-state index < -0.39 is 27.2 Å². The molecule has 2 heterocycles. The van der Waals surface area contributed by atoms with Gasteiger partial charge < -0.3 is 14.8 Å². The molecule has 0 radical (unpaired) electrons. The van der Waals surface area contributed by atoms with E-state index in [1.807, 2.05) is 0 Å². The Hall–Kier alpha value is -2.66. The fourth-order valence-corrected chi connectivity index (χ4v) is 4.93. The summed E-state index contributed by atoms with van der Waals surface area (Å²) in [5, 5.41) is 13.6. The van der Waals surface area contributed by atoms with E-state index in [1.54, 1.807) is 18.2 Å². The predicted molar refractivity (Wildman–Crippen MR) is 130 cm³/mol. The number of aromatic hydroxyl groups is 1. The summed E-state index contributed by atoms with van der Waals surface area (Å²) in [4.78, 5) is 15.2. The van der Waals surface area contributed by atoms with Crippen molar-refractivity contribution in [1.29, 1.82) is 0 Å². The minimum Gasteiger partial charge on any atom is -0.505 e. The van der Waals surface area contributed by atoms with Gasteiger partial charge in [0.05, 0.1) is 16.5 Å². The lowest BCUT2D eigenvalue weighted by atomic mass is 9.97. The van der Waals surface area contributed by atoms with Crippen LogP contribution in [0.15, 0.2) is 39.5 Å². The van der Waals surface area contributed by atoms with Crippen LogP contribution in [0, 0.1) is 5.82 Å². The van der Waals surface area contributed by atoms with Gasteiger partial charge in [-0.1, -0.05) is 23.7 Å². The van der Waals surface area contributed by atoms with Crippen molar-refractivity contribution in [3.05, 3.63) is 68.3 Å². The molecular formula is C23H25ClFN3O5S. The van der Waals surface area contributed by atoms with E-state index in [4.69, 9.17) is 16.0 Å². The van der Waals surface area contributed by atoms with Crippen LogP contribution >= 0.6 is 11.6 Å². The number of anilines is 1. The molecule has 0 saturated carbocycles. The van der Waals surface area contributed by atoms with Crippen molar-refractivity contribution in [3.63, 3.8) is 0 Å². The van der Waals surface area contributed by atoms with Gasteiger partial charge in [0.1, 0.15) is 5.58 Å². The molecule has 3 aromatic rings. The summed E-state index contributed by atoms with van der Waals surface area (Å²) in [7, 11) is -3.55. The third kappa shape index (κ3) is 5.20. The van der Waals surface area contributed by atoms with Gasteiger partial charge in [0.25, 0.3) is 0 Å². The molecule has 0 bridgehead atoms. The number of hydrogen-bond donors (Lipinski definition) is 3. The molecule has 0 atom stereocenters. The molecule has 0 aliphatic carbocycles. The van der Waals surface area contributed by atoms with Gasteiger partial charge in [-0.05, 0) is 30.2 Å². The Bertz CT molecular complexity index is 1390. The molecule has 0 spiro atoms. The van der Waals surface area contributed by atoms with Gasteiger partial charge in [0.2, 0.25) is 10.0 Å². The van der Waals surface area contributed by atoms with Crippen molar-refractivity contribution in [1.82, 2.24) is 10.2 Å². The highest BCUT2D eigenvalue weighted by molar-refractivity contribution is 7.92. The molecule has 34 heavy (non-hydrogen) atoms. The summed E-state index contributed by atoms with van der Waals surface area (Å²) < 4.78 is 46.2. The van der Waals surface area contributed by atoms with Gasteiger partial charge in [-0.25, -0.2) is 17.6 Å². The van der Waals surface area contributed by atoms with Crippen LogP contribution in [0.2, 0.25) is 5.02 Å². The van der Waals surface area contributed by atoms with Crippen molar-refractivity contribution in [2.45, 2.75) is 19.9 Å². The van der Waals surface area contributed by atoms with E-state index in [9.17, 15) is 22.7 Å². The Labute approximate surface area is 201 Å². The number of rotatable bonds is 7. The number of phenols is 1. The van der Waals surface area contributed by atoms with E-state index >= 15 is 0 Å². The van der Waals surface area contributed by atoms with Gasteiger partial charge in [-0.2, -0.15) is 0 Å². The second kappa shape index (κ2) is 9.91. The van der Waals surface area contributed by atoms with Crippen LogP contribution in [0.1, 0.15) is 23.6 Å². The van der Waals surface area contributed by atoms with Crippen LogP contribution in [-0.4, -0.2) is 50.4 Å². The summed E-state index contributed by atoms with van der Waals surface area (Å²) in [6, 6.07) is 7.15. The number of fused-ring (bicyclic) bond motifs is 1. The second-order valence-electron chi connectivity index (χ2n) is 8.13. The molecule has 1 aromatic heterocycles. The van der Waals surface area contributed by atoms with E-state index in [1.165, 1.54) is 13.0 Å². The van der Waals surface area contributed by atoms with Crippen LogP contribution < -0.4 is 15.7 Å². The standard InChI is InChI=1S/C23H25ClFN3O5S/c1-2-34(31,32)27-19-5-3-4-14(22(19)24)10-16-17(13-28-8-6-26-7-9-28)15-11-18(25)20(29)12-21(15)33-23(16)30/h3-5,11-12,26-27,29H,2,6-10,13H2,1H3. The lowest BCUT2D eigenvalue weighted by Crippen LogP contribution is -2.43. The van der Waals surface area contributed by atoms with Crippen molar-refractivity contribution in [2.75, 3.05) is 36.7 Å². The zero-order valence-corrected chi connectivity index (χ0v) is 20.1. The van der Waals surface area contributed by atoms with Crippen molar-refractivity contribution >= 4 is 38.3 Å². The molecule has 0 amide bonds. The van der Waals surface area contributed by atoms with E-state index in [0.717, 1.165) is 32.2 Å². The van der Waals surface area contributed by atoms with Crippen LogP contribution in [0.3, 0.4) is 0 Å². The Morgan fingerprint density at radius 2 is 1.97 bits per heavy atom. The zero-order valence-electron chi connectivity index (χ0n) is 18.5. The maximum Gasteiger partial charge on any atom is 0.340 e. The number of piperazine rings is 1. The molecule has 3 N–H and O–H groups in total. The minimum atomic E-state index is -3.55. The topological polar surface area (TPSA) is 112 Å². The lowest BCUT2D eigenvalue weighted by molar-refractivity contribution is 0.233. The van der Waals surface area contributed by atoms with Crippen molar-refractivity contribution < 1.29 is 22.3 Å². The molecule has 182 valence electrons. The lowest BCUT2D eigenvalue weighted by Gasteiger charge is -2.28. The second-order valence-corrected chi connectivity index (χ2v) is 10.5. The van der Waals surface area contributed by atoms with Gasteiger partial charge in [0.15, 0.2) is 11.6 Å².